The molecule has 29 heavy (non-hydrogen) atoms. The molecule has 2 heterocycles. The average molecular weight is 424 g/mol. The molecule has 0 radical (unpaired) electrons. The molecule has 1 aromatic carbocycles. The second kappa shape index (κ2) is 8.62. The molecule has 0 fully saturated rings. The third-order valence-corrected chi connectivity index (χ3v) is 4.19. The van der Waals surface area contributed by atoms with Gasteiger partial charge in [0.15, 0.2) is 0 Å². The summed E-state index contributed by atoms with van der Waals surface area (Å²) in [4.78, 5) is 12.8. The summed E-state index contributed by atoms with van der Waals surface area (Å²) in [7, 11) is 0. The molecule has 0 unspecified atom stereocenters. The van der Waals surface area contributed by atoms with Crippen molar-refractivity contribution in [3.05, 3.63) is 59.2 Å². The Morgan fingerprint density at radius 1 is 1.10 bits per heavy atom. The zero-order valence-corrected chi connectivity index (χ0v) is 16.0. The first-order valence-electron chi connectivity index (χ1n) is 8.58. The highest BCUT2D eigenvalue weighted by atomic mass is 35.5. The number of aromatic nitrogens is 3. The maximum atomic E-state index is 13.4. The molecule has 0 saturated carbocycles. The standard InChI is InChI=1S/C19H17ClF3N5O/c1-11(10-29)25-18-26-15(14-7-2-3-8-24-14)9-16(28-18)27-17-12(19(21,22)23)5-4-6-13(17)20/h2-9,11,29H,10H2,1H3,(H2,25,26,27,28)/t11-/m0/s1. The van der Waals surface area contributed by atoms with E-state index in [9.17, 15) is 18.3 Å². The highest BCUT2D eigenvalue weighted by molar-refractivity contribution is 6.33. The number of anilines is 3. The highest BCUT2D eigenvalue weighted by Gasteiger charge is 2.34. The van der Waals surface area contributed by atoms with Crippen LogP contribution in [0.3, 0.4) is 0 Å². The second-order valence-electron chi connectivity index (χ2n) is 6.19. The summed E-state index contributed by atoms with van der Waals surface area (Å²) >= 11 is 6.02. The van der Waals surface area contributed by atoms with Crippen LogP contribution < -0.4 is 10.6 Å². The summed E-state index contributed by atoms with van der Waals surface area (Å²) < 4.78 is 40.2. The number of para-hydroxylation sites is 1. The molecule has 6 nitrogen and oxygen atoms in total. The molecule has 0 aliphatic carbocycles. The van der Waals surface area contributed by atoms with Crippen molar-refractivity contribution >= 4 is 29.1 Å². The zero-order valence-electron chi connectivity index (χ0n) is 15.2. The van der Waals surface area contributed by atoms with E-state index in [1.807, 2.05) is 0 Å². The molecule has 3 N–H and O–H groups in total. The number of rotatable bonds is 6. The van der Waals surface area contributed by atoms with Gasteiger partial charge in [0.1, 0.15) is 5.82 Å². The molecule has 2 aromatic heterocycles. The molecule has 3 aromatic rings. The van der Waals surface area contributed by atoms with Crippen LogP contribution >= 0.6 is 11.6 Å². The van der Waals surface area contributed by atoms with Crippen molar-refractivity contribution in [1.29, 1.82) is 0 Å². The topological polar surface area (TPSA) is 83.0 Å². The van der Waals surface area contributed by atoms with Crippen LogP contribution in [0.5, 0.6) is 0 Å². The van der Waals surface area contributed by atoms with Crippen LogP contribution in [-0.4, -0.2) is 32.7 Å². The van der Waals surface area contributed by atoms with Crippen molar-refractivity contribution in [2.45, 2.75) is 19.1 Å². The molecule has 1 atom stereocenters. The lowest BCUT2D eigenvalue weighted by Crippen LogP contribution is -2.21. The van der Waals surface area contributed by atoms with Gasteiger partial charge in [-0.05, 0) is 31.2 Å². The maximum Gasteiger partial charge on any atom is 0.418 e. The zero-order chi connectivity index (χ0) is 21.0. The SMILES string of the molecule is C[C@@H](CO)Nc1nc(Nc2c(Cl)cccc2C(F)(F)F)cc(-c2ccccn2)n1. The van der Waals surface area contributed by atoms with Crippen LogP contribution in [-0.2, 0) is 6.18 Å². The van der Waals surface area contributed by atoms with Gasteiger partial charge in [0, 0.05) is 18.3 Å². The number of nitrogens with zero attached hydrogens (tertiary/aromatic N) is 3. The van der Waals surface area contributed by atoms with Gasteiger partial charge in [-0.15, -0.1) is 0 Å². The number of pyridine rings is 1. The summed E-state index contributed by atoms with van der Waals surface area (Å²) in [5.74, 6) is 0.213. The third-order valence-electron chi connectivity index (χ3n) is 3.87. The summed E-state index contributed by atoms with van der Waals surface area (Å²) in [6, 6.07) is 9.82. The largest absolute Gasteiger partial charge is 0.418 e. The van der Waals surface area contributed by atoms with Gasteiger partial charge in [-0.25, -0.2) is 4.98 Å². The number of alkyl halides is 3. The lowest BCUT2D eigenvalue weighted by Gasteiger charge is -2.17. The van der Waals surface area contributed by atoms with Crippen LogP contribution in [0.15, 0.2) is 48.7 Å². The van der Waals surface area contributed by atoms with E-state index in [4.69, 9.17) is 11.6 Å². The van der Waals surface area contributed by atoms with Crippen LogP contribution in [0.25, 0.3) is 11.4 Å². The number of halogens is 4. The fourth-order valence-electron chi connectivity index (χ4n) is 2.50. The van der Waals surface area contributed by atoms with Gasteiger partial charge in [-0.3, -0.25) is 4.98 Å². The highest BCUT2D eigenvalue weighted by Crippen LogP contribution is 2.39. The molecule has 152 valence electrons. The molecule has 0 amide bonds. The lowest BCUT2D eigenvalue weighted by atomic mass is 10.1. The van der Waals surface area contributed by atoms with E-state index < -0.39 is 11.7 Å². The summed E-state index contributed by atoms with van der Waals surface area (Å²) in [5.41, 5.74) is -0.334. The summed E-state index contributed by atoms with van der Waals surface area (Å²) in [6.45, 7) is 1.53. The molecule has 3 rings (SSSR count). The van der Waals surface area contributed by atoms with Crippen molar-refractivity contribution in [2.75, 3.05) is 17.2 Å². The van der Waals surface area contributed by atoms with Crippen molar-refractivity contribution in [3.8, 4) is 11.4 Å². The van der Waals surface area contributed by atoms with Gasteiger partial charge in [0.25, 0.3) is 0 Å². The van der Waals surface area contributed by atoms with Crippen molar-refractivity contribution < 1.29 is 18.3 Å². The fourth-order valence-corrected chi connectivity index (χ4v) is 2.72. The number of hydrogen-bond donors (Lipinski definition) is 3. The minimum absolute atomic E-state index is 0.0897. The Balaban J connectivity index is 2.07. The fraction of sp³-hybridized carbons (Fsp3) is 0.211. The molecule has 0 bridgehead atoms. The van der Waals surface area contributed by atoms with Crippen molar-refractivity contribution in [1.82, 2.24) is 15.0 Å². The van der Waals surface area contributed by atoms with Crippen LogP contribution in [0, 0.1) is 0 Å². The quantitative estimate of drug-likeness (QED) is 0.531. The van der Waals surface area contributed by atoms with Gasteiger partial charge in [0.2, 0.25) is 5.95 Å². The normalized spacial score (nSPS) is 12.5. The molecular formula is C19H17ClF3N5O. The van der Waals surface area contributed by atoms with E-state index in [1.165, 1.54) is 18.2 Å². The number of aliphatic hydroxyl groups is 1. The Kier molecular flexibility index (Phi) is 6.19. The van der Waals surface area contributed by atoms with E-state index in [0.717, 1.165) is 6.07 Å². The molecule has 10 heteroatoms. The van der Waals surface area contributed by atoms with Crippen LogP contribution in [0.1, 0.15) is 12.5 Å². The number of nitrogens with one attached hydrogen (secondary N) is 2. The van der Waals surface area contributed by atoms with Gasteiger partial charge >= 0.3 is 6.18 Å². The second-order valence-corrected chi connectivity index (χ2v) is 6.60. The van der Waals surface area contributed by atoms with Gasteiger partial charge in [-0.1, -0.05) is 23.7 Å². The number of hydrogen-bond acceptors (Lipinski definition) is 6. The van der Waals surface area contributed by atoms with E-state index in [1.54, 1.807) is 31.3 Å². The summed E-state index contributed by atoms with van der Waals surface area (Å²) in [6.07, 6.45) is -3.03. The smallest absolute Gasteiger partial charge is 0.394 e. The first kappa shape index (κ1) is 20.8. The van der Waals surface area contributed by atoms with Crippen molar-refractivity contribution in [3.63, 3.8) is 0 Å². The molecule has 0 aliphatic rings. The van der Waals surface area contributed by atoms with E-state index in [0.29, 0.717) is 11.4 Å². The van der Waals surface area contributed by atoms with Gasteiger partial charge in [-0.2, -0.15) is 18.2 Å². The average Bonchev–Trinajstić information content (AvgIpc) is 2.69. The third kappa shape index (κ3) is 5.12. The first-order chi connectivity index (χ1) is 13.8. The minimum Gasteiger partial charge on any atom is -0.394 e. The predicted molar refractivity (Wildman–Crippen MR) is 105 cm³/mol. The number of aliphatic hydroxyl groups excluding tert-OH is 1. The summed E-state index contributed by atoms with van der Waals surface area (Å²) in [5, 5.41) is 14.7. The molecular weight excluding hydrogens is 407 g/mol. The maximum absolute atomic E-state index is 13.4. The van der Waals surface area contributed by atoms with E-state index >= 15 is 0 Å². The van der Waals surface area contributed by atoms with Crippen LogP contribution in [0.2, 0.25) is 5.02 Å². The van der Waals surface area contributed by atoms with Crippen molar-refractivity contribution in [2.24, 2.45) is 0 Å². The Labute approximate surface area is 169 Å². The van der Waals surface area contributed by atoms with Gasteiger partial charge in [0.05, 0.1) is 34.3 Å². The Morgan fingerprint density at radius 3 is 2.55 bits per heavy atom. The molecule has 0 spiro atoms. The first-order valence-corrected chi connectivity index (χ1v) is 8.96. The molecule has 0 aliphatic heterocycles. The van der Waals surface area contributed by atoms with Gasteiger partial charge < -0.3 is 15.7 Å². The monoisotopic (exact) mass is 423 g/mol. The number of benzene rings is 1. The van der Waals surface area contributed by atoms with E-state index in [2.05, 4.69) is 25.6 Å². The van der Waals surface area contributed by atoms with E-state index in [-0.39, 0.29) is 35.1 Å². The van der Waals surface area contributed by atoms with Crippen LogP contribution in [0.4, 0.5) is 30.6 Å². The Morgan fingerprint density at radius 2 is 1.90 bits per heavy atom. The predicted octanol–water partition coefficient (Wildman–Crippen LogP) is 4.75. The Hall–Kier alpha value is -2.91. The Bertz CT molecular complexity index is 985. The molecule has 0 saturated heterocycles. The minimum atomic E-state index is -4.60. The lowest BCUT2D eigenvalue weighted by molar-refractivity contribution is -0.136.